The number of hydrogen-bond acceptors (Lipinski definition) is 4. The fourth-order valence-corrected chi connectivity index (χ4v) is 3.93. The van der Waals surface area contributed by atoms with E-state index in [1.54, 1.807) is 0 Å². The highest BCUT2D eigenvalue weighted by Crippen LogP contribution is 2.43. The van der Waals surface area contributed by atoms with Gasteiger partial charge in [0.25, 0.3) is 0 Å². The number of aryl methyl sites for hydroxylation is 1. The number of nitrogens with one attached hydrogen (secondary N) is 1. The molecule has 1 fully saturated rings. The summed E-state index contributed by atoms with van der Waals surface area (Å²) in [5, 5.41) is 4.46. The number of aliphatic imine (C=N–C) groups is 1. The molecule has 96 valence electrons. The number of aromatic nitrogens is 1. The van der Waals surface area contributed by atoms with E-state index in [1.807, 2.05) is 30.2 Å². The Balaban J connectivity index is 1.68. The van der Waals surface area contributed by atoms with E-state index in [2.05, 4.69) is 17.2 Å². The van der Waals surface area contributed by atoms with Crippen molar-refractivity contribution in [1.82, 2.24) is 4.98 Å². The molecule has 0 unspecified atom stereocenters. The lowest BCUT2D eigenvalue weighted by molar-refractivity contribution is 0.359. The zero-order valence-electron chi connectivity index (χ0n) is 10.8. The number of rotatable bonds is 1. The van der Waals surface area contributed by atoms with Crippen molar-refractivity contribution in [3.63, 3.8) is 0 Å². The minimum absolute atomic E-state index is 0.514. The summed E-state index contributed by atoms with van der Waals surface area (Å²) >= 11 is 1.87. The molecule has 1 spiro atoms. The van der Waals surface area contributed by atoms with E-state index in [4.69, 9.17) is 4.99 Å². The summed E-state index contributed by atoms with van der Waals surface area (Å²) in [4.78, 5) is 8.90. The zero-order chi connectivity index (χ0) is 12.4. The Morgan fingerprint density at radius 2 is 2.17 bits per heavy atom. The summed E-state index contributed by atoms with van der Waals surface area (Å²) in [6.07, 6.45) is 9.20. The van der Waals surface area contributed by atoms with Gasteiger partial charge < -0.3 is 5.32 Å². The van der Waals surface area contributed by atoms with E-state index >= 15 is 0 Å². The van der Waals surface area contributed by atoms with Crippen molar-refractivity contribution < 1.29 is 0 Å². The molecule has 0 aromatic carbocycles. The molecular weight excluding hydrogens is 242 g/mol. The Bertz CT molecular complexity index is 464. The van der Waals surface area contributed by atoms with E-state index in [9.17, 15) is 0 Å². The molecule has 1 aromatic rings. The van der Waals surface area contributed by atoms with Crippen LogP contribution >= 0.6 is 11.8 Å². The summed E-state index contributed by atoms with van der Waals surface area (Å²) in [6.45, 7) is 3.10. The Morgan fingerprint density at radius 1 is 1.33 bits per heavy atom. The topological polar surface area (TPSA) is 37.3 Å². The maximum absolute atomic E-state index is 4.74. The molecule has 1 saturated carbocycles. The van der Waals surface area contributed by atoms with Gasteiger partial charge in [0, 0.05) is 18.5 Å². The number of nitrogens with zero attached hydrogens (tertiary/aromatic N) is 2. The van der Waals surface area contributed by atoms with Crippen LogP contribution < -0.4 is 5.32 Å². The van der Waals surface area contributed by atoms with Crippen molar-refractivity contribution in [3.8, 4) is 0 Å². The fourth-order valence-electron chi connectivity index (χ4n) is 2.77. The highest BCUT2D eigenvalue weighted by Gasteiger charge is 2.36. The molecule has 1 aromatic heterocycles. The smallest absolute Gasteiger partial charge is 0.161 e. The van der Waals surface area contributed by atoms with Crippen LogP contribution in [-0.4, -0.2) is 22.4 Å². The van der Waals surface area contributed by atoms with E-state index in [-0.39, 0.29) is 0 Å². The summed E-state index contributed by atoms with van der Waals surface area (Å²) in [7, 11) is 0. The fraction of sp³-hybridized carbons (Fsp3) is 0.571. The molecule has 1 aliphatic carbocycles. The second kappa shape index (κ2) is 4.92. The first-order valence-electron chi connectivity index (χ1n) is 6.62. The average molecular weight is 261 g/mol. The van der Waals surface area contributed by atoms with Crippen LogP contribution in [0.25, 0.3) is 0 Å². The largest absolute Gasteiger partial charge is 0.334 e. The first-order valence-corrected chi connectivity index (χ1v) is 7.61. The Labute approximate surface area is 112 Å². The molecule has 18 heavy (non-hydrogen) atoms. The van der Waals surface area contributed by atoms with Gasteiger partial charge >= 0.3 is 0 Å². The first-order chi connectivity index (χ1) is 8.77. The Kier molecular flexibility index (Phi) is 3.29. The molecule has 1 N–H and O–H groups in total. The van der Waals surface area contributed by atoms with Gasteiger partial charge in [0.15, 0.2) is 5.17 Å². The molecule has 2 heterocycles. The third-order valence-electron chi connectivity index (χ3n) is 4.02. The van der Waals surface area contributed by atoms with Gasteiger partial charge in [-0.25, -0.2) is 0 Å². The quantitative estimate of drug-likeness (QED) is 0.841. The Morgan fingerprint density at radius 3 is 2.83 bits per heavy atom. The maximum Gasteiger partial charge on any atom is 0.161 e. The van der Waals surface area contributed by atoms with Crippen LogP contribution in [0.15, 0.2) is 23.5 Å². The van der Waals surface area contributed by atoms with Crippen molar-refractivity contribution in [2.75, 3.05) is 17.6 Å². The number of pyridine rings is 1. The number of hydrogen-bond donors (Lipinski definition) is 1. The van der Waals surface area contributed by atoms with Gasteiger partial charge in [0.1, 0.15) is 0 Å². The van der Waals surface area contributed by atoms with Crippen LogP contribution in [-0.2, 0) is 0 Å². The zero-order valence-corrected chi connectivity index (χ0v) is 11.6. The lowest BCUT2D eigenvalue weighted by Crippen LogP contribution is -2.30. The van der Waals surface area contributed by atoms with E-state index in [0.29, 0.717) is 5.41 Å². The van der Waals surface area contributed by atoms with Gasteiger partial charge in [0.05, 0.1) is 11.9 Å². The standard InChI is InChI=1S/C14H19N3S/c1-11-4-7-15-8-12(11)17-13-16-9-14(10-18-13)5-2-3-6-14/h4,7-8H,2-3,5-6,9-10H2,1H3,(H,16,17). The van der Waals surface area contributed by atoms with Crippen LogP contribution in [0.3, 0.4) is 0 Å². The molecule has 0 radical (unpaired) electrons. The summed E-state index contributed by atoms with van der Waals surface area (Å²) in [5.41, 5.74) is 2.81. The number of anilines is 1. The summed E-state index contributed by atoms with van der Waals surface area (Å²) < 4.78 is 0. The highest BCUT2D eigenvalue weighted by atomic mass is 32.2. The second-order valence-electron chi connectivity index (χ2n) is 5.43. The second-order valence-corrected chi connectivity index (χ2v) is 6.40. The Hall–Kier alpha value is -1.03. The van der Waals surface area contributed by atoms with E-state index in [1.165, 1.54) is 37.0 Å². The van der Waals surface area contributed by atoms with Crippen LogP contribution in [0.1, 0.15) is 31.2 Å². The molecular formula is C14H19N3S. The van der Waals surface area contributed by atoms with Crippen molar-refractivity contribution >= 4 is 22.6 Å². The minimum atomic E-state index is 0.514. The molecule has 0 atom stereocenters. The van der Waals surface area contributed by atoms with Gasteiger partial charge in [-0.3, -0.25) is 9.98 Å². The predicted octanol–water partition coefficient (Wildman–Crippen LogP) is 3.47. The molecule has 0 amide bonds. The number of amidine groups is 1. The van der Waals surface area contributed by atoms with E-state index < -0.39 is 0 Å². The van der Waals surface area contributed by atoms with Crippen LogP contribution in [0.2, 0.25) is 0 Å². The van der Waals surface area contributed by atoms with Crippen LogP contribution in [0.5, 0.6) is 0 Å². The molecule has 1 aliphatic heterocycles. The van der Waals surface area contributed by atoms with Crippen molar-refractivity contribution in [3.05, 3.63) is 24.0 Å². The molecule has 0 saturated heterocycles. The van der Waals surface area contributed by atoms with Gasteiger partial charge in [-0.2, -0.15) is 0 Å². The monoisotopic (exact) mass is 261 g/mol. The molecule has 3 rings (SSSR count). The van der Waals surface area contributed by atoms with Gasteiger partial charge in [0.2, 0.25) is 0 Å². The maximum atomic E-state index is 4.74. The lowest BCUT2D eigenvalue weighted by Gasteiger charge is -2.31. The minimum Gasteiger partial charge on any atom is -0.334 e. The SMILES string of the molecule is Cc1ccncc1NC1=NCC2(CCCC2)CS1. The van der Waals surface area contributed by atoms with Crippen molar-refractivity contribution in [1.29, 1.82) is 0 Å². The van der Waals surface area contributed by atoms with Crippen molar-refractivity contribution in [2.45, 2.75) is 32.6 Å². The predicted molar refractivity (Wildman–Crippen MR) is 78.3 cm³/mol. The number of thioether (sulfide) groups is 1. The molecule has 2 aliphatic rings. The first kappa shape index (κ1) is 12.0. The van der Waals surface area contributed by atoms with Crippen LogP contribution in [0.4, 0.5) is 5.69 Å². The van der Waals surface area contributed by atoms with E-state index in [0.717, 1.165) is 17.4 Å². The normalized spacial score (nSPS) is 21.9. The average Bonchev–Trinajstić information content (AvgIpc) is 2.84. The molecule has 3 nitrogen and oxygen atoms in total. The van der Waals surface area contributed by atoms with Gasteiger partial charge in [-0.15, -0.1) is 0 Å². The van der Waals surface area contributed by atoms with Gasteiger partial charge in [-0.1, -0.05) is 24.6 Å². The third-order valence-corrected chi connectivity index (χ3v) is 5.28. The summed E-state index contributed by atoms with van der Waals surface area (Å²) in [6, 6.07) is 2.02. The van der Waals surface area contributed by atoms with Gasteiger partial charge in [-0.05, 0) is 36.8 Å². The summed E-state index contributed by atoms with van der Waals surface area (Å²) in [5.74, 6) is 1.22. The molecule has 4 heteroatoms. The third kappa shape index (κ3) is 2.39. The highest BCUT2D eigenvalue weighted by molar-refractivity contribution is 8.14. The lowest BCUT2D eigenvalue weighted by atomic mass is 9.89. The molecule has 0 bridgehead atoms. The van der Waals surface area contributed by atoms with Crippen LogP contribution in [0, 0.1) is 12.3 Å². The van der Waals surface area contributed by atoms with Crippen molar-refractivity contribution in [2.24, 2.45) is 10.4 Å².